The number of halogens is 2. The molecule has 0 spiro atoms. The molecule has 1 aliphatic carbocycles. The molecular formula is C33H48Cl2N2O5. The third-order valence-electron chi connectivity index (χ3n) is 8.67. The number of carboxylic acids is 2. The first-order valence-electron chi connectivity index (χ1n) is 14.9. The van der Waals surface area contributed by atoms with Gasteiger partial charge < -0.3 is 20.0 Å². The lowest BCUT2D eigenvalue weighted by Crippen LogP contribution is -2.24. The summed E-state index contributed by atoms with van der Waals surface area (Å²) in [5.74, 6) is -2.53. The minimum absolute atomic E-state index is 0. The Morgan fingerprint density at radius 2 is 1.26 bits per heavy atom. The summed E-state index contributed by atoms with van der Waals surface area (Å²) < 4.78 is 0. The van der Waals surface area contributed by atoms with Gasteiger partial charge in [-0.3, -0.25) is 4.79 Å². The van der Waals surface area contributed by atoms with Gasteiger partial charge in [-0.05, 0) is 117 Å². The molecular weight excluding hydrogens is 575 g/mol. The molecule has 2 atom stereocenters. The molecule has 0 aliphatic heterocycles. The van der Waals surface area contributed by atoms with Gasteiger partial charge in [0.1, 0.15) is 0 Å². The number of rotatable bonds is 16. The molecule has 7 nitrogen and oxygen atoms in total. The minimum Gasteiger partial charge on any atom is -0.478 e. The summed E-state index contributed by atoms with van der Waals surface area (Å²) in [6, 6.07) is 6.56. The van der Waals surface area contributed by atoms with Gasteiger partial charge in [-0.1, -0.05) is 47.6 Å². The van der Waals surface area contributed by atoms with E-state index in [1.807, 2.05) is 13.0 Å². The van der Waals surface area contributed by atoms with Crippen LogP contribution in [0.5, 0.6) is 0 Å². The van der Waals surface area contributed by atoms with Gasteiger partial charge in [0.15, 0.2) is 5.78 Å². The topological polar surface area (TPSA) is 98.2 Å². The Morgan fingerprint density at radius 3 is 1.74 bits per heavy atom. The Hall–Kier alpha value is -2.45. The first kappa shape index (κ1) is 37.6. The van der Waals surface area contributed by atoms with Crippen molar-refractivity contribution in [2.24, 2.45) is 0 Å². The van der Waals surface area contributed by atoms with Gasteiger partial charge in [-0.25, -0.2) is 9.59 Å². The van der Waals surface area contributed by atoms with Gasteiger partial charge in [0.25, 0.3) is 0 Å². The van der Waals surface area contributed by atoms with Crippen LogP contribution in [0, 0.1) is 0 Å². The molecule has 42 heavy (non-hydrogen) atoms. The van der Waals surface area contributed by atoms with Crippen LogP contribution in [0.25, 0.3) is 11.1 Å². The van der Waals surface area contributed by atoms with E-state index in [-0.39, 0.29) is 53.6 Å². The van der Waals surface area contributed by atoms with Gasteiger partial charge in [0, 0.05) is 11.1 Å². The summed E-state index contributed by atoms with van der Waals surface area (Å²) in [6.45, 7) is 18.4. The lowest BCUT2D eigenvalue weighted by Gasteiger charge is -2.25. The van der Waals surface area contributed by atoms with E-state index in [0.717, 1.165) is 76.1 Å². The fourth-order valence-electron chi connectivity index (χ4n) is 6.16. The summed E-state index contributed by atoms with van der Waals surface area (Å²) in [7, 11) is 0. The predicted molar refractivity (Wildman–Crippen MR) is 175 cm³/mol. The van der Waals surface area contributed by atoms with Crippen LogP contribution in [-0.4, -0.2) is 77.0 Å². The number of hydrogen-bond acceptors (Lipinski definition) is 5. The molecule has 0 fully saturated rings. The highest BCUT2D eigenvalue weighted by molar-refractivity contribution is 6.24. The SMILES string of the molecule is CCN(CC)CCCC(C)c1cc2c(c(C(C)CCCN(CC)CC)c1C(=O)O)C(=O)c1cc(C(=O)O)ccc1-2.Cl.Cl. The van der Waals surface area contributed by atoms with Crippen LogP contribution in [0.2, 0.25) is 0 Å². The molecule has 3 rings (SSSR count). The second-order valence-electron chi connectivity index (χ2n) is 11.0. The number of carbonyl (C=O) groups is 3. The Balaban J connectivity index is 0.00000441. The van der Waals surface area contributed by atoms with Crippen molar-refractivity contribution in [2.75, 3.05) is 39.3 Å². The first-order chi connectivity index (χ1) is 19.1. The van der Waals surface area contributed by atoms with Crippen molar-refractivity contribution in [3.05, 3.63) is 57.6 Å². The first-order valence-corrected chi connectivity index (χ1v) is 14.9. The van der Waals surface area contributed by atoms with E-state index in [4.69, 9.17) is 0 Å². The van der Waals surface area contributed by atoms with Crippen molar-refractivity contribution in [3.8, 4) is 11.1 Å². The Kier molecular flexibility index (Phi) is 15.2. The monoisotopic (exact) mass is 622 g/mol. The van der Waals surface area contributed by atoms with E-state index < -0.39 is 11.9 Å². The molecule has 1 aliphatic rings. The van der Waals surface area contributed by atoms with E-state index in [1.54, 1.807) is 6.07 Å². The average molecular weight is 624 g/mol. The number of carboxylic acid groups (broad SMARTS) is 2. The summed E-state index contributed by atoms with van der Waals surface area (Å²) >= 11 is 0. The molecule has 2 aromatic carbocycles. The summed E-state index contributed by atoms with van der Waals surface area (Å²) in [5.41, 5.74) is 3.88. The van der Waals surface area contributed by atoms with Crippen LogP contribution < -0.4 is 0 Å². The van der Waals surface area contributed by atoms with E-state index in [2.05, 4.69) is 44.4 Å². The zero-order chi connectivity index (χ0) is 29.6. The average Bonchev–Trinajstić information content (AvgIpc) is 3.22. The van der Waals surface area contributed by atoms with Gasteiger partial charge in [-0.2, -0.15) is 0 Å². The second-order valence-corrected chi connectivity index (χ2v) is 11.0. The van der Waals surface area contributed by atoms with Gasteiger partial charge in [-0.15, -0.1) is 24.8 Å². The Bertz CT molecular complexity index is 1240. The van der Waals surface area contributed by atoms with Crippen molar-refractivity contribution in [1.82, 2.24) is 9.80 Å². The number of fused-ring (bicyclic) bond motifs is 3. The fraction of sp³-hybridized carbons (Fsp3) is 0.545. The number of benzene rings is 2. The highest BCUT2D eigenvalue weighted by atomic mass is 35.5. The minimum atomic E-state index is -1.09. The van der Waals surface area contributed by atoms with Crippen LogP contribution >= 0.6 is 24.8 Å². The number of nitrogens with zero attached hydrogens (tertiary/aromatic N) is 2. The number of aromatic carboxylic acids is 2. The summed E-state index contributed by atoms with van der Waals surface area (Å²) in [4.78, 5) is 43.1. The maximum absolute atomic E-state index is 13.8. The smallest absolute Gasteiger partial charge is 0.336 e. The van der Waals surface area contributed by atoms with Crippen molar-refractivity contribution in [3.63, 3.8) is 0 Å². The maximum Gasteiger partial charge on any atom is 0.336 e. The molecule has 0 aromatic heterocycles. The molecule has 0 saturated carbocycles. The molecule has 0 radical (unpaired) electrons. The van der Waals surface area contributed by atoms with Crippen LogP contribution in [0.15, 0.2) is 24.3 Å². The van der Waals surface area contributed by atoms with Crippen molar-refractivity contribution >= 4 is 42.5 Å². The predicted octanol–water partition coefficient (Wildman–Crippen LogP) is 7.59. The van der Waals surface area contributed by atoms with Crippen molar-refractivity contribution in [2.45, 2.75) is 79.1 Å². The summed E-state index contributed by atoms with van der Waals surface area (Å²) in [6.07, 6.45) is 3.44. The largest absolute Gasteiger partial charge is 0.478 e. The van der Waals surface area contributed by atoms with Crippen molar-refractivity contribution in [1.29, 1.82) is 0 Å². The molecule has 0 amide bonds. The quantitative estimate of drug-likeness (QED) is 0.170. The molecule has 234 valence electrons. The normalized spacial score (nSPS) is 13.3. The second kappa shape index (κ2) is 17.0. The lowest BCUT2D eigenvalue weighted by atomic mass is 9.79. The Morgan fingerprint density at radius 1 is 0.738 bits per heavy atom. The molecule has 0 bridgehead atoms. The van der Waals surface area contributed by atoms with Crippen molar-refractivity contribution < 1.29 is 24.6 Å². The third-order valence-corrected chi connectivity index (χ3v) is 8.67. The van der Waals surface area contributed by atoms with Crippen LogP contribution in [0.4, 0.5) is 0 Å². The van der Waals surface area contributed by atoms with Crippen LogP contribution in [-0.2, 0) is 0 Å². The van der Waals surface area contributed by atoms with Gasteiger partial charge in [0.2, 0.25) is 0 Å². The standard InChI is InChI=1S/C33H46N2O5.2ClH/c1-7-34(8-2)17-11-13-21(5)25-20-26-24-16-15-23(32(37)38)19-27(24)31(36)29(26)28(30(25)33(39)40)22(6)14-12-18-35(9-3)10-4;;/h15-16,19-22H,7-14,17-18H2,1-6H3,(H,37,38)(H,39,40);2*1H. The molecule has 2 N–H and O–H groups in total. The highest BCUT2D eigenvalue weighted by Gasteiger charge is 2.36. The van der Waals surface area contributed by atoms with E-state index in [9.17, 15) is 24.6 Å². The third kappa shape index (κ3) is 8.13. The number of ketones is 1. The number of carbonyl (C=O) groups excluding carboxylic acids is 1. The molecule has 2 aromatic rings. The van der Waals surface area contributed by atoms with Gasteiger partial charge >= 0.3 is 11.9 Å². The zero-order valence-corrected chi connectivity index (χ0v) is 27.5. The van der Waals surface area contributed by atoms with E-state index >= 15 is 0 Å². The molecule has 2 unspecified atom stereocenters. The fourth-order valence-corrected chi connectivity index (χ4v) is 6.16. The summed E-state index contributed by atoms with van der Waals surface area (Å²) in [5, 5.41) is 20.1. The zero-order valence-electron chi connectivity index (χ0n) is 25.9. The maximum atomic E-state index is 13.8. The van der Waals surface area contributed by atoms with Crippen LogP contribution in [0.1, 0.15) is 127 Å². The highest BCUT2D eigenvalue weighted by Crippen LogP contribution is 2.46. The van der Waals surface area contributed by atoms with Gasteiger partial charge in [0.05, 0.1) is 11.1 Å². The van der Waals surface area contributed by atoms with E-state index in [0.29, 0.717) is 22.3 Å². The molecule has 0 saturated heterocycles. The number of hydrogen-bond donors (Lipinski definition) is 2. The molecule has 9 heteroatoms. The lowest BCUT2D eigenvalue weighted by molar-refractivity contribution is 0.0684. The Labute approximate surface area is 263 Å². The van der Waals surface area contributed by atoms with E-state index in [1.165, 1.54) is 12.1 Å². The molecule has 0 heterocycles. The van der Waals surface area contributed by atoms with Crippen LogP contribution in [0.3, 0.4) is 0 Å².